The lowest BCUT2D eigenvalue weighted by Crippen LogP contribution is -2.28. The van der Waals surface area contributed by atoms with Crippen molar-refractivity contribution in [2.45, 2.75) is 18.9 Å². The molecular weight excluding hydrogens is 327 g/mol. The van der Waals surface area contributed by atoms with Crippen LogP contribution < -0.4 is 11.1 Å². The summed E-state index contributed by atoms with van der Waals surface area (Å²) >= 11 is 3.19. The van der Waals surface area contributed by atoms with Crippen molar-refractivity contribution in [2.24, 2.45) is 0 Å². The lowest BCUT2D eigenvalue weighted by atomic mass is 10.1. The molecule has 0 spiro atoms. The minimum absolute atomic E-state index is 0.280. The van der Waals surface area contributed by atoms with Crippen LogP contribution >= 0.6 is 15.9 Å². The van der Waals surface area contributed by atoms with Crippen LogP contribution in [0.5, 0.6) is 0 Å². The number of hydrogen-bond donors (Lipinski definition) is 2. The van der Waals surface area contributed by atoms with Gasteiger partial charge in [0.05, 0.1) is 15.7 Å². The first-order valence-corrected chi connectivity index (χ1v) is 7.19. The van der Waals surface area contributed by atoms with E-state index in [0.29, 0.717) is 21.5 Å². The maximum Gasteiger partial charge on any atom is 0.170 e. The monoisotopic (exact) mass is 340 g/mol. The number of nitrogens with two attached hydrogens (primary N) is 1. The molecular formula is C13H14BrFN4O. The van der Waals surface area contributed by atoms with Crippen LogP contribution in [0.15, 0.2) is 16.6 Å². The maximum absolute atomic E-state index is 13.6. The number of rotatable bonds is 2. The summed E-state index contributed by atoms with van der Waals surface area (Å²) in [4.78, 5) is 0. The van der Waals surface area contributed by atoms with Crippen LogP contribution in [-0.4, -0.2) is 29.5 Å². The van der Waals surface area contributed by atoms with Crippen LogP contribution in [0.4, 0.5) is 15.9 Å². The molecule has 1 aliphatic heterocycles. The quantitative estimate of drug-likeness (QED) is 0.879. The van der Waals surface area contributed by atoms with Crippen LogP contribution in [-0.2, 0) is 4.74 Å². The molecule has 2 aromatic rings. The zero-order valence-electron chi connectivity index (χ0n) is 10.7. The number of anilines is 2. The lowest BCUT2D eigenvalue weighted by molar-refractivity contribution is 0.0905. The first kappa shape index (κ1) is 13.5. The molecule has 20 heavy (non-hydrogen) atoms. The minimum Gasteiger partial charge on any atom is -0.381 e. The zero-order chi connectivity index (χ0) is 14.1. The Bertz CT molecular complexity index is 646. The molecule has 1 aromatic heterocycles. The molecule has 3 rings (SSSR count). The maximum atomic E-state index is 13.6. The molecule has 1 saturated heterocycles. The number of halogens is 2. The Balaban J connectivity index is 2.03. The molecule has 1 aliphatic rings. The molecule has 1 fully saturated rings. The molecule has 0 saturated carbocycles. The largest absolute Gasteiger partial charge is 0.381 e. The van der Waals surface area contributed by atoms with E-state index in [1.54, 1.807) is 6.07 Å². The molecule has 1 aromatic carbocycles. The van der Waals surface area contributed by atoms with Gasteiger partial charge in [0.25, 0.3) is 0 Å². The zero-order valence-corrected chi connectivity index (χ0v) is 12.3. The fourth-order valence-electron chi connectivity index (χ4n) is 2.31. The van der Waals surface area contributed by atoms with Crippen molar-refractivity contribution in [1.29, 1.82) is 0 Å². The van der Waals surface area contributed by atoms with Crippen LogP contribution in [0.3, 0.4) is 0 Å². The van der Waals surface area contributed by atoms with Gasteiger partial charge in [0.2, 0.25) is 0 Å². The van der Waals surface area contributed by atoms with Gasteiger partial charge in [0.15, 0.2) is 5.82 Å². The fraction of sp³-hybridized carbons (Fsp3) is 0.385. The number of fused-ring (bicyclic) bond motifs is 1. The predicted octanol–water partition coefficient (Wildman–Crippen LogP) is 2.70. The number of nitrogen functional groups attached to an aromatic ring is 1. The lowest BCUT2D eigenvalue weighted by Gasteiger charge is -2.25. The first-order chi connectivity index (χ1) is 9.65. The summed E-state index contributed by atoms with van der Waals surface area (Å²) in [5, 5.41) is 12.0. The highest BCUT2D eigenvalue weighted by Crippen LogP contribution is 2.31. The number of hydrogen-bond acceptors (Lipinski definition) is 5. The van der Waals surface area contributed by atoms with E-state index in [4.69, 9.17) is 10.5 Å². The smallest absolute Gasteiger partial charge is 0.170 e. The molecule has 0 amide bonds. The van der Waals surface area contributed by atoms with Crippen LogP contribution in [0.25, 0.3) is 10.9 Å². The molecule has 5 nitrogen and oxygen atoms in total. The fourth-order valence-corrected chi connectivity index (χ4v) is 2.66. The van der Waals surface area contributed by atoms with Crippen molar-refractivity contribution in [3.05, 3.63) is 22.4 Å². The van der Waals surface area contributed by atoms with Gasteiger partial charge >= 0.3 is 0 Å². The Morgan fingerprint density at radius 3 is 2.80 bits per heavy atom. The average Bonchev–Trinajstić information content (AvgIpc) is 2.45. The summed E-state index contributed by atoms with van der Waals surface area (Å²) < 4.78 is 19.3. The molecule has 0 radical (unpaired) electrons. The van der Waals surface area contributed by atoms with Crippen molar-refractivity contribution in [1.82, 2.24) is 10.2 Å². The van der Waals surface area contributed by atoms with Crippen LogP contribution in [0, 0.1) is 5.82 Å². The Morgan fingerprint density at radius 2 is 2.05 bits per heavy atom. The van der Waals surface area contributed by atoms with Crippen molar-refractivity contribution in [3.63, 3.8) is 0 Å². The van der Waals surface area contributed by atoms with Gasteiger partial charge in [-0.05, 0) is 34.8 Å². The summed E-state index contributed by atoms with van der Waals surface area (Å²) in [7, 11) is 0. The number of ether oxygens (including phenoxy) is 1. The molecule has 7 heteroatoms. The highest BCUT2D eigenvalue weighted by Gasteiger charge is 2.18. The Labute approximate surface area is 123 Å². The predicted molar refractivity (Wildman–Crippen MR) is 79.1 cm³/mol. The van der Waals surface area contributed by atoms with Gasteiger partial charge in [-0.1, -0.05) is 0 Å². The van der Waals surface area contributed by atoms with E-state index in [0.717, 1.165) is 31.4 Å². The van der Waals surface area contributed by atoms with Crippen molar-refractivity contribution in [2.75, 3.05) is 24.3 Å². The summed E-state index contributed by atoms with van der Waals surface area (Å²) in [5.41, 5.74) is 7.11. The third-order valence-electron chi connectivity index (χ3n) is 3.40. The third kappa shape index (κ3) is 2.55. The van der Waals surface area contributed by atoms with E-state index in [1.807, 2.05) is 0 Å². The minimum atomic E-state index is -0.367. The first-order valence-electron chi connectivity index (χ1n) is 6.40. The van der Waals surface area contributed by atoms with Gasteiger partial charge in [-0.2, -0.15) is 0 Å². The topological polar surface area (TPSA) is 73.1 Å². The summed E-state index contributed by atoms with van der Waals surface area (Å²) in [6.07, 6.45) is 1.82. The molecule has 2 heterocycles. The number of benzene rings is 1. The van der Waals surface area contributed by atoms with Gasteiger partial charge in [-0.15, -0.1) is 10.2 Å². The van der Waals surface area contributed by atoms with E-state index in [-0.39, 0.29) is 11.9 Å². The second-order valence-electron chi connectivity index (χ2n) is 4.77. The molecule has 0 unspecified atom stereocenters. The van der Waals surface area contributed by atoms with Gasteiger partial charge in [-0.3, -0.25) is 0 Å². The Morgan fingerprint density at radius 1 is 1.30 bits per heavy atom. The van der Waals surface area contributed by atoms with Crippen molar-refractivity contribution >= 4 is 38.3 Å². The second kappa shape index (κ2) is 5.49. The highest BCUT2D eigenvalue weighted by molar-refractivity contribution is 9.10. The van der Waals surface area contributed by atoms with Crippen molar-refractivity contribution in [3.8, 4) is 0 Å². The molecule has 106 valence electrons. The number of nitrogens with zero attached hydrogens (tertiary/aromatic N) is 2. The summed E-state index contributed by atoms with van der Waals surface area (Å²) in [5.74, 6) is -0.0453. The van der Waals surface area contributed by atoms with E-state index in [1.165, 1.54) is 6.07 Å². The number of nitrogens with one attached hydrogen (secondary N) is 1. The van der Waals surface area contributed by atoms with E-state index in [2.05, 4.69) is 31.4 Å². The van der Waals surface area contributed by atoms with Crippen LogP contribution in [0.1, 0.15) is 12.8 Å². The Kier molecular flexibility index (Phi) is 3.71. The normalized spacial score (nSPS) is 16.5. The summed E-state index contributed by atoms with van der Waals surface area (Å²) in [6.45, 7) is 1.46. The van der Waals surface area contributed by atoms with E-state index >= 15 is 0 Å². The highest BCUT2D eigenvalue weighted by atomic mass is 79.9. The van der Waals surface area contributed by atoms with Crippen molar-refractivity contribution < 1.29 is 9.13 Å². The SMILES string of the molecule is Nc1nnc2cc(F)c(Br)cc2c1NC1CCOCC1. The van der Waals surface area contributed by atoms with Gasteiger partial charge in [0.1, 0.15) is 5.82 Å². The van der Waals surface area contributed by atoms with Gasteiger partial charge in [0, 0.05) is 30.7 Å². The van der Waals surface area contributed by atoms with Crippen LogP contribution in [0.2, 0.25) is 0 Å². The van der Waals surface area contributed by atoms with Gasteiger partial charge < -0.3 is 15.8 Å². The molecule has 0 bridgehead atoms. The standard InChI is InChI=1S/C13H14BrFN4O/c14-9-5-8-11(6-10(9)15)18-19-13(16)12(8)17-7-1-3-20-4-2-7/h5-7H,1-4H2,(H2,16,19)(H,17,18). The average molecular weight is 341 g/mol. The van der Waals surface area contributed by atoms with Gasteiger partial charge in [-0.25, -0.2) is 4.39 Å². The molecule has 0 atom stereocenters. The Hall–Kier alpha value is -1.47. The van der Waals surface area contributed by atoms with E-state index in [9.17, 15) is 4.39 Å². The second-order valence-corrected chi connectivity index (χ2v) is 5.63. The summed E-state index contributed by atoms with van der Waals surface area (Å²) in [6, 6.07) is 3.31. The molecule has 0 aliphatic carbocycles. The third-order valence-corrected chi connectivity index (χ3v) is 4.01. The molecule has 3 N–H and O–H groups in total. The van der Waals surface area contributed by atoms with E-state index < -0.39 is 0 Å². The number of aromatic nitrogens is 2.